The summed E-state index contributed by atoms with van der Waals surface area (Å²) in [6.45, 7) is 3.91. The van der Waals surface area contributed by atoms with Crippen LogP contribution < -0.4 is 14.4 Å². The number of carbonyl (C=O) groups is 2. The second-order valence-corrected chi connectivity index (χ2v) is 8.61. The molecule has 2 heterocycles. The van der Waals surface area contributed by atoms with Gasteiger partial charge in [-0.15, -0.1) is 0 Å². The molecule has 1 atom stereocenters. The molecule has 4 aromatic rings. The largest absolute Gasteiger partial charge is 0.507 e. The van der Waals surface area contributed by atoms with E-state index in [9.17, 15) is 19.8 Å². The molecule has 3 N–H and O–H groups in total. The van der Waals surface area contributed by atoms with E-state index < -0.39 is 17.7 Å². The third-order valence-electron chi connectivity index (χ3n) is 6.26. The number of carbonyl (C=O) groups excluding carboxylic acids is 2. The van der Waals surface area contributed by atoms with Gasteiger partial charge in [-0.2, -0.15) is 0 Å². The highest BCUT2D eigenvalue weighted by molar-refractivity contribution is 6.51. The smallest absolute Gasteiger partial charge is 0.302 e. The number of aromatic hydroxyl groups is 1. The maximum absolute atomic E-state index is 13.5. The molecule has 5 rings (SSSR count). The quantitative estimate of drug-likeness (QED) is 0.201. The Morgan fingerprint density at radius 3 is 2.59 bits per heavy atom. The van der Waals surface area contributed by atoms with E-state index in [0.717, 1.165) is 5.56 Å². The Morgan fingerprint density at radius 2 is 1.86 bits per heavy atom. The number of ether oxygens (including phenoxy) is 2. The van der Waals surface area contributed by atoms with Crippen LogP contribution in [0, 0.1) is 6.92 Å². The minimum Gasteiger partial charge on any atom is -0.507 e. The summed E-state index contributed by atoms with van der Waals surface area (Å²) in [4.78, 5) is 35.8. The Kier molecular flexibility index (Phi) is 6.04. The molecule has 3 aromatic carbocycles. The highest BCUT2D eigenvalue weighted by atomic mass is 16.5. The van der Waals surface area contributed by atoms with Gasteiger partial charge >= 0.3 is 5.91 Å². The van der Waals surface area contributed by atoms with Crippen LogP contribution in [0.25, 0.3) is 16.8 Å². The van der Waals surface area contributed by atoms with Gasteiger partial charge in [0.25, 0.3) is 5.78 Å². The van der Waals surface area contributed by atoms with Gasteiger partial charge in [0.15, 0.2) is 11.5 Å². The molecule has 1 amide bonds. The van der Waals surface area contributed by atoms with Crippen molar-refractivity contribution in [1.29, 1.82) is 0 Å². The number of aliphatic hydroxyl groups is 1. The lowest BCUT2D eigenvalue weighted by atomic mass is 9.94. The average molecular weight is 500 g/mol. The predicted molar refractivity (Wildman–Crippen MR) is 138 cm³/mol. The lowest BCUT2D eigenvalue weighted by molar-refractivity contribution is -0.132. The molecule has 1 unspecified atom stereocenters. The first-order valence-electron chi connectivity index (χ1n) is 11.7. The number of amides is 1. The van der Waals surface area contributed by atoms with Crippen molar-refractivity contribution in [3.05, 3.63) is 82.9 Å². The van der Waals surface area contributed by atoms with Crippen LogP contribution >= 0.6 is 0 Å². The summed E-state index contributed by atoms with van der Waals surface area (Å²) in [5, 5.41) is 21.8. The number of para-hydroxylation sites is 2. The number of aromatic amines is 1. The van der Waals surface area contributed by atoms with E-state index in [2.05, 4.69) is 9.97 Å². The monoisotopic (exact) mass is 499 g/mol. The number of aryl methyl sites for hydroxylation is 1. The topological polar surface area (TPSA) is 125 Å². The number of anilines is 1. The number of rotatable bonds is 6. The van der Waals surface area contributed by atoms with Gasteiger partial charge in [-0.05, 0) is 55.8 Å². The molecule has 1 saturated heterocycles. The van der Waals surface area contributed by atoms with Crippen LogP contribution in [0.3, 0.4) is 0 Å². The Morgan fingerprint density at radius 1 is 1.08 bits per heavy atom. The summed E-state index contributed by atoms with van der Waals surface area (Å²) in [6, 6.07) is 15.9. The fourth-order valence-electron chi connectivity index (χ4n) is 4.54. The zero-order chi connectivity index (χ0) is 26.3. The summed E-state index contributed by atoms with van der Waals surface area (Å²) in [5.41, 5.74) is 2.70. The lowest BCUT2D eigenvalue weighted by Crippen LogP contribution is -2.30. The molecular formula is C28H25N3O6. The molecule has 0 aliphatic carbocycles. The number of H-pyrrole nitrogens is 1. The number of Topliss-reactive ketones (excluding diaryl/α,β-unsaturated/α-hetero) is 1. The van der Waals surface area contributed by atoms with Gasteiger partial charge in [0.2, 0.25) is 5.95 Å². The molecule has 1 aliphatic rings. The van der Waals surface area contributed by atoms with Gasteiger partial charge in [-0.25, -0.2) is 4.98 Å². The number of imidazole rings is 1. The third kappa shape index (κ3) is 4.04. The summed E-state index contributed by atoms with van der Waals surface area (Å²) >= 11 is 0. The van der Waals surface area contributed by atoms with E-state index in [-0.39, 0.29) is 34.3 Å². The van der Waals surface area contributed by atoms with Crippen molar-refractivity contribution in [3.8, 4) is 17.2 Å². The van der Waals surface area contributed by atoms with E-state index in [1.54, 1.807) is 37.3 Å². The number of aromatic nitrogens is 2. The molecule has 0 radical (unpaired) electrons. The number of nitrogens with zero attached hydrogens (tertiary/aromatic N) is 2. The van der Waals surface area contributed by atoms with Gasteiger partial charge < -0.3 is 24.7 Å². The van der Waals surface area contributed by atoms with Crippen LogP contribution in [-0.4, -0.2) is 45.6 Å². The maximum atomic E-state index is 13.5. The Hall–Kier alpha value is -4.79. The zero-order valence-corrected chi connectivity index (χ0v) is 20.5. The third-order valence-corrected chi connectivity index (χ3v) is 6.26. The number of aliphatic hydroxyl groups excluding tert-OH is 1. The molecule has 188 valence electrons. The maximum Gasteiger partial charge on any atom is 0.302 e. The van der Waals surface area contributed by atoms with Crippen molar-refractivity contribution in [2.75, 3.05) is 18.6 Å². The number of phenolic OH excluding ortho intramolecular Hbond substituents is 1. The molecule has 9 nitrogen and oxygen atoms in total. The van der Waals surface area contributed by atoms with Crippen molar-refractivity contribution in [2.24, 2.45) is 0 Å². The Labute approximate surface area is 212 Å². The van der Waals surface area contributed by atoms with Crippen molar-refractivity contribution in [1.82, 2.24) is 9.97 Å². The standard InChI is InChI=1S/C28H25N3O6/c1-4-37-22-14-16(10-11-20(22)32)24-23(25(33)17-13-15(2)9-12-21(17)36-3)26(34)27(35)31(24)28-29-18-7-5-6-8-19(18)30-28/h5-14,24,32-33H,4H2,1-3H3,(H,29,30)/b25-23+. The Balaban J connectivity index is 1.77. The highest BCUT2D eigenvalue weighted by Gasteiger charge is 2.48. The molecule has 0 bridgehead atoms. The second kappa shape index (κ2) is 9.34. The first kappa shape index (κ1) is 23.9. The number of phenols is 1. The molecule has 0 spiro atoms. The van der Waals surface area contributed by atoms with E-state index >= 15 is 0 Å². The molecular weight excluding hydrogens is 474 g/mol. The van der Waals surface area contributed by atoms with Crippen LogP contribution in [0.1, 0.15) is 29.7 Å². The fourth-order valence-corrected chi connectivity index (χ4v) is 4.54. The average Bonchev–Trinajstić information content (AvgIpc) is 3.43. The summed E-state index contributed by atoms with van der Waals surface area (Å²) in [7, 11) is 1.46. The fraction of sp³-hybridized carbons (Fsp3) is 0.179. The van der Waals surface area contributed by atoms with Gasteiger partial charge in [-0.1, -0.05) is 29.8 Å². The molecule has 1 aromatic heterocycles. The molecule has 1 fully saturated rings. The van der Waals surface area contributed by atoms with Crippen LogP contribution in [0.4, 0.5) is 5.95 Å². The molecule has 37 heavy (non-hydrogen) atoms. The van der Waals surface area contributed by atoms with Crippen LogP contribution in [0.5, 0.6) is 17.2 Å². The number of hydrogen-bond acceptors (Lipinski definition) is 7. The first-order valence-corrected chi connectivity index (χ1v) is 11.7. The minimum absolute atomic E-state index is 0.0911. The predicted octanol–water partition coefficient (Wildman–Crippen LogP) is 4.61. The van der Waals surface area contributed by atoms with Crippen molar-refractivity contribution < 1.29 is 29.3 Å². The summed E-state index contributed by atoms with van der Waals surface area (Å²) in [6.07, 6.45) is 0. The lowest BCUT2D eigenvalue weighted by Gasteiger charge is -2.24. The van der Waals surface area contributed by atoms with Crippen molar-refractivity contribution in [2.45, 2.75) is 19.9 Å². The van der Waals surface area contributed by atoms with Crippen LogP contribution in [0.2, 0.25) is 0 Å². The van der Waals surface area contributed by atoms with Crippen molar-refractivity contribution in [3.63, 3.8) is 0 Å². The normalized spacial score (nSPS) is 16.9. The van der Waals surface area contributed by atoms with E-state index in [0.29, 0.717) is 29.0 Å². The second-order valence-electron chi connectivity index (χ2n) is 8.61. The van der Waals surface area contributed by atoms with Crippen LogP contribution in [0.15, 0.2) is 66.2 Å². The molecule has 9 heteroatoms. The number of ketones is 1. The SMILES string of the molecule is CCOc1cc(C2/C(=C(\O)c3cc(C)ccc3OC)C(=O)C(=O)N2c2nc3ccccc3[nH]2)ccc1O. The zero-order valence-electron chi connectivity index (χ0n) is 20.5. The minimum atomic E-state index is -1.06. The summed E-state index contributed by atoms with van der Waals surface area (Å²) < 4.78 is 11.0. The number of hydrogen-bond donors (Lipinski definition) is 3. The Bertz CT molecular complexity index is 1540. The number of nitrogens with one attached hydrogen (secondary N) is 1. The molecule has 0 saturated carbocycles. The van der Waals surface area contributed by atoms with Gasteiger partial charge in [0.1, 0.15) is 11.5 Å². The summed E-state index contributed by atoms with van der Waals surface area (Å²) in [5.74, 6) is -1.53. The first-order chi connectivity index (χ1) is 17.8. The van der Waals surface area contributed by atoms with E-state index in [4.69, 9.17) is 9.47 Å². The number of benzene rings is 3. The molecule has 1 aliphatic heterocycles. The number of fused-ring (bicyclic) bond motifs is 1. The number of methoxy groups -OCH3 is 1. The highest BCUT2D eigenvalue weighted by Crippen LogP contribution is 2.44. The van der Waals surface area contributed by atoms with E-state index in [1.807, 2.05) is 31.2 Å². The van der Waals surface area contributed by atoms with Crippen molar-refractivity contribution >= 4 is 34.4 Å². The van der Waals surface area contributed by atoms with E-state index in [1.165, 1.54) is 18.1 Å². The van der Waals surface area contributed by atoms with Gasteiger partial charge in [0, 0.05) is 0 Å². The van der Waals surface area contributed by atoms with Gasteiger partial charge in [0.05, 0.1) is 41.9 Å². The van der Waals surface area contributed by atoms with Gasteiger partial charge in [-0.3, -0.25) is 14.5 Å². The van der Waals surface area contributed by atoms with Crippen LogP contribution in [-0.2, 0) is 9.59 Å².